The second-order valence-electron chi connectivity index (χ2n) is 7.55. The Kier molecular flexibility index (Phi) is 8.44. The van der Waals surface area contributed by atoms with E-state index in [0.717, 1.165) is 36.4 Å². The van der Waals surface area contributed by atoms with E-state index in [9.17, 15) is 4.79 Å². The third-order valence-electron chi connectivity index (χ3n) is 5.39. The van der Waals surface area contributed by atoms with Crippen LogP contribution in [0, 0.1) is 0 Å². The van der Waals surface area contributed by atoms with E-state index in [1.807, 2.05) is 36.4 Å². The number of hydrogen-bond donors (Lipinski definition) is 3. The fraction of sp³-hybridized carbons (Fsp3) is 0.417. The number of hydrazone groups is 1. The number of rotatable bonds is 10. The molecule has 0 aromatic heterocycles. The first-order chi connectivity index (χ1) is 15.1. The smallest absolute Gasteiger partial charge is 0.258 e. The van der Waals surface area contributed by atoms with Crippen LogP contribution in [0.1, 0.15) is 50.8 Å². The standard InChI is InChI=1S/C24H33N5O2/c1-4-15-31-21-13-9-19(10-14-21)22-16-23(27-26-22)24(30)28-25-17-18-7-11-20(12-8-18)29(5-2)6-3/h7-14,17,22-23,26-27H,4-6,15-16H2,1-3H3,(H,28,30)/b25-17+. The third-order valence-corrected chi connectivity index (χ3v) is 5.39. The van der Waals surface area contributed by atoms with E-state index in [1.54, 1.807) is 6.21 Å². The van der Waals surface area contributed by atoms with E-state index in [-0.39, 0.29) is 18.0 Å². The fourth-order valence-electron chi connectivity index (χ4n) is 3.57. The molecule has 2 aromatic rings. The van der Waals surface area contributed by atoms with Crippen LogP contribution in [0.15, 0.2) is 53.6 Å². The van der Waals surface area contributed by atoms with Crippen LogP contribution >= 0.6 is 0 Å². The van der Waals surface area contributed by atoms with Crippen molar-refractivity contribution < 1.29 is 9.53 Å². The second kappa shape index (κ2) is 11.5. The number of nitrogens with one attached hydrogen (secondary N) is 3. The number of hydrogen-bond acceptors (Lipinski definition) is 6. The lowest BCUT2D eigenvalue weighted by molar-refractivity contribution is -0.122. The quantitative estimate of drug-likeness (QED) is 0.403. The Labute approximate surface area is 184 Å². The lowest BCUT2D eigenvalue weighted by Crippen LogP contribution is -2.41. The van der Waals surface area contributed by atoms with Gasteiger partial charge in [-0.3, -0.25) is 4.79 Å². The van der Waals surface area contributed by atoms with Crippen molar-refractivity contribution >= 4 is 17.8 Å². The average Bonchev–Trinajstić information content (AvgIpc) is 3.30. The highest BCUT2D eigenvalue weighted by molar-refractivity contribution is 5.85. The maximum atomic E-state index is 12.5. The lowest BCUT2D eigenvalue weighted by Gasteiger charge is -2.20. The van der Waals surface area contributed by atoms with Crippen molar-refractivity contribution in [2.24, 2.45) is 5.10 Å². The summed E-state index contributed by atoms with van der Waals surface area (Å²) in [6.45, 7) is 9.02. The van der Waals surface area contributed by atoms with Gasteiger partial charge in [0.15, 0.2) is 0 Å². The van der Waals surface area contributed by atoms with E-state index >= 15 is 0 Å². The molecular formula is C24H33N5O2. The molecule has 1 aliphatic heterocycles. The molecule has 1 saturated heterocycles. The van der Waals surface area contributed by atoms with Crippen molar-refractivity contribution in [3.63, 3.8) is 0 Å². The first kappa shape index (κ1) is 22.8. The van der Waals surface area contributed by atoms with Crippen molar-refractivity contribution in [1.29, 1.82) is 0 Å². The average molecular weight is 424 g/mol. The van der Waals surface area contributed by atoms with Crippen LogP contribution in [0.25, 0.3) is 0 Å². The summed E-state index contributed by atoms with van der Waals surface area (Å²) < 4.78 is 5.62. The molecule has 0 bridgehead atoms. The summed E-state index contributed by atoms with van der Waals surface area (Å²) in [5.41, 5.74) is 12.1. The zero-order chi connectivity index (χ0) is 22.1. The summed E-state index contributed by atoms with van der Waals surface area (Å²) in [5, 5.41) is 4.12. The highest BCUT2D eigenvalue weighted by Crippen LogP contribution is 2.24. The Morgan fingerprint density at radius 1 is 1.10 bits per heavy atom. The number of ether oxygens (including phenoxy) is 1. The summed E-state index contributed by atoms with van der Waals surface area (Å²) in [6, 6.07) is 15.9. The minimum atomic E-state index is -0.344. The minimum absolute atomic E-state index is 0.0626. The zero-order valence-electron chi connectivity index (χ0n) is 18.6. The van der Waals surface area contributed by atoms with E-state index in [4.69, 9.17) is 4.74 Å². The number of carbonyl (C=O) groups excluding carboxylic acids is 1. The highest BCUT2D eigenvalue weighted by Gasteiger charge is 2.30. The van der Waals surface area contributed by atoms with Gasteiger partial charge in [-0.05, 0) is 62.1 Å². The van der Waals surface area contributed by atoms with Crippen LogP contribution in [0.2, 0.25) is 0 Å². The predicted molar refractivity (Wildman–Crippen MR) is 125 cm³/mol. The van der Waals surface area contributed by atoms with E-state index in [0.29, 0.717) is 13.0 Å². The summed E-state index contributed by atoms with van der Waals surface area (Å²) >= 11 is 0. The topological polar surface area (TPSA) is 78.0 Å². The van der Waals surface area contributed by atoms with Gasteiger partial charge >= 0.3 is 0 Å². The normalized spacial score (nSPS) is 18.3. The van der Waals surface area contributed by atoms with E-state index in [1.165, 1.54) is 5.69 Å². The number of hydrazine groups is 1. The van der Waals surface area contributed by atoms with Gasteiger partial charge in [0.25, 0.3) is 5.91 Å². The summed E-state index contributed by atoms with van der Waals surface area (Å²) in [7, 11) is 0. The highest BCUT2D eigenvalue weighted by atomic mass is 16.5. The largest absolute Gasteiger partial charge is 0.494 e. The van der Waals surface area contributed by atoms with Crippen molar-refractivity contribution in [3.05, 3.63) is 59.7 Å². The molecule has 3 N–H and O–H groups in total. The lowest BCUT2D eigenvalue weighted by atomic mass is 10.0. The molecule has 7 nitrogen and oxygen atoms in total. The van der Waals surface area contributed by atoms with Gasteiger partial charge in [-0.2, -0.15) is 5.10 Å². The van der Waals surface area contributed by atoms with E-state index < -0.39 is 0 Å². The maximum Gasteiger partial charge on any atom is 0.258 e. The molecule has 0 radical (unpaired) electrons. The Hall–Kier alpha value is -2.90. The Morgan fingerprint density at radius 3 is 2.45 bits per heavy atom. The van der Waals surface area contributed by atoms with Crippen molar-refractivity contribution in [3.8, 4) is 5.75 Å². The van der Waals surface area contributed by atoms with Crippen molar-refractivity contribution in [2.75, 3.05) is 24.6 Å². The van der Waals surface area contributed by atoms with Crippen LogP contribution in [-0.4, -0.2) is 37.9 Å². The van der Waals surface area contributed by atoms with Gasteiger partial charge in [-0.25, -0.2) is 16.3 Å². The molecule has 2 unspecified atom stereocenters. The number of nitrogens with zero attached hydrogens (tertiary/aromatic N) is 2. The van der Waals surface area contributed by atoms with Gasteiger partial charge < -0.3 is 9.64 Å². The molecule has 2 atom stereocenters. The molecule has 3 rings (SSSR count). The first-order valence-corrected chi connectivity index (χ1v) is 11.1. The number of anilines is 1. The van der Waals surface area contributed by atoms with Gasteiger partial charge in [0.05, 0.1) is 12.8 Å². The van der Waals surface area contributed by atoms with Gasteiger partial charge in [0, 0.05) is 24.8 Å². The summed E-state index contributed by atoms with van der Waals surface area (Å²) in [4.78, 5) is 14.7. The van der Waals surface area contributed by atoms with Crippen molar-refractivity contribution in [1.82, 2.24) is 16.3 Å². The minimum Gasteiger partial charge on any atom is -0.494 e. The van der Waals surface area contributed by atoms with Crippen LogP contribution in [0.4, 0.5) is 5.69 Å². The molecule has 7 heteroatoms. The molecule has 0 saturated carbocycles. The van der Waals surface area contributed by atoms with Crippen LogP contribution in [0.5, 0.6) is 5.75 Å². The Bertz CT molecular complexity index is 847. The molecule has 166 valence electrons. The molecule has 1 aliphatic rings. The molecule has 2 aromatic carbocycles. The predicted octanol–water partition coefficient (Wildman–Crippen LogP) is 3.38. The van der Waals surface area contributed by atoms with Crippen molar-refractivity contribution in [2.45, 2.75) is 45.7 Å². The van der Waals surface area contributed by atoms with Gasteiger partial charge in [0.1, 0.15) is 11.8 Å². The third kappa shape index (κ3) is 6.29. The Balaban J connectivity index is 1.48. The Morgan fingerprint density at radius 2 is 1.81 bits per heavy atom. The van der Waals surface area contributed by atoms with Gasteiger partial charge in [0.2, 0.25) is 0 Å². The number of carbonyl (C=O) groups is 1. The molecule has 1 heterocycles. The number of benzene rings is 2. The fourth-order valence-corrected chi connectivity index (χ4v) is 3.57. The zero-order valence-corrected chi connectivity index (χ0v) is 18.6. The summed E-state index contributed by atoms with van der Waals surface area (Å²) in [5.74, 6) is 0.708. The maximum absolute atomic E-state index is 12.5. The van der Waals surface area contributed by atoms with Crippen LogP contribution < -0.4 is 25.9 Å². The van der Waals surface area contributed by atoms with Gasteiger partial charge in [-0.15, -0.1) is 0 Å². The molecule has 0 aliphatic carbocycles. The molecule has 31 heavy (non-hydrogen) atoms. The molecule has 1 fully saturated rings. The van der Waals surface area contributed by atoms with Crippen LogP contribution in [0.3, 0.4) is 0 Å². The SMILES string of the molecule is CCCOc1ccc(C2CC(C(=O)N/N=C/c3ccc(N(CC)CC)cc3)NN2)cc1. The first-order valence-electron chi connectivity index (χ1n) is 11.1. The van der Waals surface area contributed by atoms with Crippen LogP contribution in [-0.2, 0) is 4.79 Å². The molecular weight excluding hydrogens is 390 g/mol. The van der Waals surface area contributed by atoms with Gasteiger partial charge in [-0.1, -0.05) is 31.2 Å². The molecule has 1 amide bonds. The number of amides is 1. The second-order valence-corrected chi connectivity index (χ2v) is 7.55. The molecule has 0 spiro atoms. The van der Waals surface area contributed by atoms with E-state index in [2.05, 4.69) is 59.2 Å². The monoisotopic (exact) mass is 423 g/mol. The summed E-state index contributed by atoms with van der Waals surface area (Å²) in [6.07, 6.45) is 3.30.